The van der Waals surface area contributed by atoms with Crippen LogP contribution in [-0.2, 0) is 23.0 Å². The number of halogens is 1. The Morgan fingerprint density at radius 1 is 1.00 bits per heavy atom. The van der Waals surface area contributed by atoms with Crippen molar-refractivity contribution < 1.29 is 8.42 Å². The molecule has 2 rings (SSSR count). The first-order chi connectivity index (χ1) is 9.95. The van der Waals surface area contributed by atoms with Crippen molar-refractivity contribution in [3.8, 4) is 0 Å². The van der Waals surface area contributed by atoms with Gasteiger partial charge in [-0.3, -0.25) is 0 Å². The smallest absolute Gasteiger partial charge is 0.207 e. The first-order valence-corrected chi connectivity index (χ1v) is 8.55. The fourth-order valence-corrected chi connectivity index (χ4v) is 3.69. The average Bonchev–Trinajstić information content (AvgIpc) is 2.48. The number of hydrogen-bond donors (Lipinski definition) is 0. The van der Waals surface area contributed by atoms with Gasteiger partial charge in [-0.2, -0.15) is 4.31 Å². The molecule has 0 saturated carbocycles. The summed E-state index contributed by atoms with van der Waals surface area (Å²) in [6.45, 7) is 2.40. The van der Waals surface area contributed by atoms with E-state index in [1.165, 1.54) is 15.9 Å². The zero-order chi connectivity index (χ0) is 15.5. The Balaban J connectivity index is 2.22. The topological polar surface area (TPSA) is 37.4 Å². The molecular formula is C16H18ClNO2S. The lowest BCUT2D eigenvalue weighted by atomic mass is 10.1. The summed E-state index contributed by atoms with van der Waals surface area (Å²) in [5, 5.41) is 0.241. The van der Waals surface area contributed by atoms with E-state index < -0.39 is 10.0 Å². The van der Waals surface area contributed by atoms with E-state index in [-0.39, 0.29) is 9.92 Å². The number of aryl methyl sites for hydroxylation is 1. The van der Waals surface area contributed by atoms with Gasteiger partial charge in [-0.15, -0.1) is 0 Å². The summed E-state index contributed by atoms with van der Waals surface area (Å²) in [4.78, 5) is 0.138. The molecule has 0 atom stereocenters. The van der Waals surface area contributed by atoms with E-state index in [1.54, 1.807) is 25.2 Å². The molecule has 0 spiro atoms. The van der Waals surface area contributed by atoms with Crippen LogP contribution < -0.4 is 0 Å². The summed E-state index contributed by atoms with van der Waals surface area (Å²) in [5.74, 6) is 0. The second kappa shape index (κ2) is 6.60. The second-order valence-corrected chi connectivity index (χ2v) is 7.28. The Morgan fingerprint density at radius 3 is 2.14 bits per heavy atom. The molecule has 0 aromatic heterocycles. The Kier molecular flexibility index (Phi) is 5.04. The molecule has 112 valence electrons. The molecule has 0 saturated heterocycles. The van der Waals surface area contributed by atoms with Crippen molar-refractivity contribution in [2.45, 2.75) is 24.8 Å². The summed E-state index contributed by atoms with van der Waals surface area (Å²) in [6, 6.07) is 14.4. The molecule has 2 aromatic rings. The highest BCUT2D eigenvalue weighted by molar-refractivity contribution is 7.89. The Bertz CT molecular complexity index is 711. The monoisotopic (exact) mass is 323 g/mol. The van der Waals surface area contributed by atoms with Gasteiger partial charge < -0.3 is 0 Å². The SMILES string of the molecule is CCc1ccc(CN(C)S(=O)(=O)c2ccccc2Cl)cc1. The highest BCUT2D eigenvalue weighted by atomic mass is 35.5. The molecule has 2 aromatic carbocycles. The number of sulfonamides is 1. The first-order valence-electron chi connectivity index (χ1n) is 6.74. The van der Waals surface area contributed by atoms with Gasteiger partial charge in [-0.05, 0) is 29.7 Å². The van der Waals surface area contributed by atoms with Crippen molar-refractivity contribution in [2.75, 3.05) is 7.05 Å². The lowest BCUT2D eigenvalue weighted by molar-refractivity contribution is 0.467. The lowest BCUT2D eigenvalue weighted by Gasteiger charge is -2.18. The third-order valence-electron chi connectivity index (χ3n) is 3.36. The molecule has 0 radical (unpaired) electrons. The Labute approximate surface area is 131 Å². The van der Waals surface area contributed by atoms with E-state index in [4.69, 9.17) is 11.6 Å². The van der Waals surface area contributed by atoms with Crippen LogP contribution in [0, 0.1) is 0 Å². The number of rotatable bonds is 5. The van der Waals surface area contributed by atoms with Crippen LogP contribution in [0.3, 0.4) is 0 Å². The highest BCUT2D eigenvalue weighted by Gasteiger charge is 2.23. The minimum Gasteiger partial charge on any atom is -0.207 e. The van der Waals surface area contributed by atoms with Crippen molar-refractivity contribution >= 4 is 21.6 Å². The van der Waals surface area contributed by atoms with Crippen molar-refractivity contribution in [1.82, 2.24) is 4.31 Å². The fourth-order valence-electron chi connectivity index (χ4n) is 2.04. The van der Waals surface area contributed by atoms with Gasteiger partial charge in [0.25, 0.3) is 0 Å². The molecule has 0 aliphatic rings. The van der Waals surface area contributed by atoms with Crippen LogP contribution in [0.1, 0.15) is 18.1 Å². The maximum Gasteiger partial charge on any atom is 0.244 e. The maximum atomic E-state index is 12.5. The molecular weight excluding hydrogens is 306 g/mol. The van der Waals surface area contributed by atoms with Crippen LogP contribution >= 0.6 is 11.6 Å². The van der Waals surface area contributed by atoms with Gasteiger partial charge in [0, 0.05) is 13.6 Å². The van der Waals surface area contributed by atoms with Gasteiger partial charge in [0.05, 0.1) is 5.02 Å². The molecule has 5 heteroatoms. The summed E-state index contributed by atoms with van der Waals surface area (Å²) < 4.78 is 26.4. The van der Waals surface area contributed by atoms with Gasteiger partial charge in [0.15, 0.2) is 0 Å². The molecule has 0 N–H and O–H groups in total. The summed E-state index contributed by atoms with van der Waals surface area (Å²) in [7, 11) is -2.02. The predicted octanol–water partition coefficient (Wildman–Crippen LogP) is 3.72. The van der Waals surface area contributed by atoms with Crippen LogP contribution in [0.2, 0.25) is 5.02 Å². The highest BCUT2D eigenvalue weighted by Crippen LogP contribution is 2.24. The largest absolute Gasteiger partial charge is 0.244 e. The predicted molar refractivity (Wildman–Crippen MR) is 85.9 cm³/mol. The lowest BCUT2D eigenvalue weighted by Crippen LogP contribution is -2.26. The standard InChI is InChI=1S/C16H18ClNO2S/c1-3-13-8-10-14(11-9-13)12-18(2)21(19,20)16-7-5-4-6-15(16)17/h4-11H,3,12H2,1-2H3. The third kappa shape index (κ3) is 3.64. The van der Waals surface area contributed by atoms with Gasteiger partial charge in [0.1, 0.15) is 4.90 Å². The van der Waals surface area contributed by atoms with Gasteiger partial charge >= 0.3 is 0 Å². The van der Waals surface area contributed by atoms with Crippen molar-refractivity contribution in [3.63, 3.8) is 0 Å². The van der Waals surface area contributed by atoms with Gasteiger partial charge in [-0.1, -0.05) is 54.9 Å². The molecule has 0 bridgehead atoms. The molecule has 21 heavy (non-hydrogen) atoms. The van der Waals surface area contributed by atoms with Crippen molar-refractivity contribution in [1.29, 1.82) is 0 Å². The molecule has 0 unspecified atom stereocenters. The quantitative estimate of drug-likeness (QED) is 0.841. The van der Waals surface area contributed by atoms with E-state index in [9.17, 15) is 8.42 Å². The van der Waals surface area contributed by atoms with E-state index in [2.05, 4.69) is 6.92 Å². The Hall–Kier alpha value is -1.36. The minimum absolute atomic E-state index is 0.138. The van der Waals surface area contributed by atoms with Gasteiger partial charge in [-0.25, -0.2) is 8.42 Å². The fraction of sp³-hybridized carbons (Fsp3) is 0.250. The summed E-state index contributed by atoms with van der Waals surface area (Å²) in [6.07, 6.45) is 0.966. The number of nitrogens with zero attached hydrogens (tertiary/aromatic N) is 1. The van der Waals surface area contributed by atoms with E-state index in [0.717, 1.165) is 12.0 Å². The summed E-state index contributed by atoms with van der Waals surface area (Å²) in [5.41, 5.74) is 2.18. The minimum atomic E-state index is -3.58. The zero-order valence-electron chi connectivity index (χ0n) is 12.1. The number of hydrogen-bond acceptors (Lipinski definition) is 2. The molecule has 0 heterocycles. The molecule has 0 fully saturated rings. The van der Waals surface area contributed by atoms with E-state index in [0.29, 0.717) is 6.54 Å². The maximum absolute atomic E-state index is 12.5. The van der Waals surface area contributed by atoms with Crippen molar-refractivity contribution in [3.05, 3.63) is 64.7 Å². The normalized spacial score (nSPS) is 11.8. The molecule has 3 nitrogen and oxygen atoms in total. The second-order valence-electron chi connectivity index (χ2n) is 4.86. The average molecular weight is 324 g/mol. The van der Waals surface area contributed by atoms with Crippen molar-refractivity contribution in [2.24, 2.45) is 0 Å². The number of benzene rings is 2. The first kappa shape index (κ1) is 16.0. The zero-order valence-corrected chi connectivity index (χ0v) is 13.7. The van der Waals surface area contributed by atoms with Crippen LogP contribution in [-0.4, -0.2) is 19.8 Å². The Morgan fingerprint density at radius 2 is 1.57 bits per heavy atom. The summed E-state index contributed by atoms with van der Waals surface area (Å²) >= 11 is 5.99. The van der Waals surface area contributed by atoms with Crippen LogP contribution in [0.15, 0.2) is 53.4 Å². The van der Waals surface area contributed by atoms with Crippen LogP contribution in [0.25, 0.3) is 0 Å². The third-order valence-corrected chi connectivity index (χ3v) is 5.66. The molecule has 0 aliphatic carbocycles. The van der Waals surface area contributed by atoms with E-state index in [1.807, 2.05) is 24.3 Å². The van der Waals surface area contributed by atoms with Crippen LogP contribution in [0.5, 0.6) is 0 Å². The van der Waals surface area contributed by atoms with Crippen LogP contribution in [0.4, 0.5) is 0 Å². The van der Waals surface area contributed by atoms with Gasteiger partial charge in [0.2, 0.25) is 10.0 Å². The van der Waals surface area contributed by atoms with E-state index >= 15 is 0 Å². The molecule has 0 amide bonds. The molecule has 0 aliphatic heterocycles.